The van der Waals surface area contributed by atoms with Gasteiger partial charge in [-0.1, -0.05) is 92.6 Å². The molecule has 15 nitrogen and oxygen atoms in total. The summed E-state index contributed by atoms with van der Waals surface area (Å²) in [6.45, 7) is 17.1. The SMILES string of the molecule is CC(C)(C)c1cc(B(O)O)cc([N+](=O)[O-])c1.CC(C)(C)c1cc(B(O)O)ccc1[N+](=O)[O-].CC(C)(C)c1ccc([N+](=O)[O-])c(B(O)O)c1. The molecule has 0 aliphatic rings. The highest BCUT2D eigenvalue weighted by Gasteiger charge is 2.28. The summed E-state index contributed by atoms with van der Waals surface area (Å²) in [6.07, 6.45) is 0. The number of rotatable bonds is 6. The van der Waals surface area contributed by atoms with Gasteiger partial charge >= 0.3 is 21.4 Å². The summed E-state index contributed by atoms with van der Waals surface area (Å²) in [5, 5.41) is 86.6. The Kier molecular flexibility index (Phi) is 14.2. The number of nitrogens with zero attached hydrogens (tertiary/aromatic N) is 3. The third-order valence-electron chi connectivity index (χ3n) is 7.01. The average Bonchev–Trinajstić information content (AvgIpc) is 2.95. The molecule has 0 heterocycles. The third kappa shape index (κ3) is 12.1. The predicted molar refractivity (Wildman–Crippen MR) is 185 cm³/mol. The number of nitro groups is 3. The van der Waals surface area contributed by atoms with E-state index in [1.54, 1.807) is 12.1 Å². The van der Waals surface area contributed by atoms with Crippen molar-refractivity contribution in [1.29, 1.82) is 0 Å². The maximum Gasteiger partial charge on any atom is 0.495 e. The second-order valence-electron chi connectivity index (χ2n) is 14.0. The third-order valence-corrected chi connectivity index (χ3v) is 7.01. The molecule has 0 fully saturated rings. The maximum atomic E-state index is 10.8. The minimum Gasteiger partial charge on any atom is -0.423 e. The van der Waals surface area contributed by atoms with Crippen LogP contribution in [0.5, 0.6) is 0 Å². The minimum atomic E-state index is -1.83. The van der Waals surface area contributed by atoms with E-state index in [2.05, 4.69) is 0 Å². The van der Waals surface area contributed by atoms with Crippen molar-refractivity contribution in [2.45, 2.75) is 78.6 Å². The summed E-state index contributed by atoms with van der Waals surface area (Å²) in [4.78, 5) is 30.6. The van der Waals surface area contributed by atoms with Crippen LogP contribution in [-0.2, 0) is 16.2 Å². The van der Waals surface area contributed by atoms with Crippen molar-refractivity contribution in [2.75, 3.05) is 0 Å². The molecular formula is C30H42B3N3O12. The quantitative estimate of drug-likeness (QED) is 0.125. The van der Waals surface area contributed by atoms with Crippen molar-refractivity contribution in [2.24, 2.45) is 0 Å². The standard InChI is InChI=1S/3C10H14BNO4/c1-10(2,3)7-4-8(11(13)14)6-9(5-7)12(15)16;1-10(2,3)8-6-7(11(13)14)4-5-9(8)12(15)16;1-10(2,3)7-4-5-9(12(15)16)8(6-7)11(13)14/h3*4-6,13-14H,1-3H3. The largest absolute Gasteiger partial charge is 0.495 e. The van der Waals surface area contributed by atoms with Gasteiger partial charge in [-0.05, 0) is 38.3 Å². The summed E-state index contributed by atoms with van der Waals surface area (Å²) in [6, 6.07) is 12.7. The normalized spacial score (nSPS) is 11.3. The summed E-state index contributed by atoms with van der Waals surface area (Å²) in [5.41, 5.74) is 1.03. The van der Waals surface area contributed by atoms with Gasteiger partial charge in [0.1, 0.15) is 0 Å². The lowest BCUT2D eigenvalue weighted by Crippen LogP contribution is -2.33. The Morgan fingerprint density at radius 1 is 0.500 bits per heavy atom. The van der Waals surface area contributed by atoms with Crippen LogP contribution in [0.1, 0.15) is 79.0 Å². The maximum absolute atomic E-state index is 10.8. The van der Waals surface area contributed by atoms with Crippen molar-refractivity contribution < 1.29 is 44.9 Å². The molecule has 6 N–H and O–H groups in total. The van der Waals surface area contributed by atoms with E-state index < -0.39 is 41.5 Å². The van der Waals surface area contributed by atoms with Gasteiger partial charge in [0.25, 0.3) is 17.1 Å². The zero-order chi connectivity index (χ0) is 37.5. The Bertz CT molecular complexity index is 1610. The highest BCUT2D eigenvalue weighted by Crippen LogP contribution is 2.30. The Balaban J connectivity index is 0.000000360. The number of non-ortho nitro benzene ring substituents is 1. The molecule has 0 bridgehead atoms. The zero-order valence-electron chi connectivity index (χ0n) is 28.4. The van der Waals surface area contributed by atoms with Crippen LogP contribution < -0.4 is 16.4 Å². The van der Waals surface area contributed by atoms with E-state index >= 15 is 0 Å². The van der Waals surface area contributed by atoms with Crippen LogP contribution >= 0.6 is 0 Å². The van der Waals surface area contributed by atoms with E-state index in [0.717, 1.165) is 5.56 Å². The van der Waals surface area contributed by atoms with Gasteiger partial charge in [0.2, 0.25) is 0 Å². The van der Waals surface area contributed by atoms with Crippen molar-refractivity contribution >= 4 is 54.8 Å². The molecule has 3 aromatic rings. The lowest BCUT2D eigenvalue weighted by molar-refractivity contribution is -0.386. The molecule has 0 saturated carbocycles. The van der Waals surface area contributed by atoms with Crippen molar-refractivity contribution in [3.05, 3.63) is 102 Å². The molecule has 0 amide bonds. The summed E-state index contributed by atoms with van der Waals surface area (Å²) < 4.78 is 0. The van der Waals surface area contributed by atoms with Crippen LogP contribution in [0.4, 0.5) is 17.1 Å². The van der Waals surface area contributed by atoms with Gasteiger partial charge in [0, 0.05) is 29.8 Å². The van der Waals surface area contributed by atoms with Crippen molar-refractivity contribution in [3.63, 3.8) is 0 Å². The first-order chi connectivity index (χ1) is 21.7. The number of hydrogen-bond donors (Lipinski definition) is 6. The second-order valence-corrected chi connectivity index (χ2v) is 14.0. The predicted octanol–water partition coefficient (Wildman–Crippen LogP) is 1.72. The molecule has 0 atom stereocenters. The first-order valence-electron chi connectivity index (χ1n) is 14.6. The molecule has 0 spiro atoms. The average molecular weight is 669 g/mol. The van der Waals surface area contributed by atoms with Crippen LogP contribution in [0.15, 0.2) is 54.6 Å². The van der Waals surface area contributed by atoms with Gasteiger partial charge in [-0.25, -0.2) is 0 Å². The van der Waals surface area contributed by atoms with Gasteiger partial charge in [-0.15, -0.1) is 0 Å². The lowest BCUT2D eigenvalue weighted by atomic mass is 9.75. The molecule has 0 radical (unpaired) electrons. The Labute approximate surface area is 279 Å². The Morgan fingerprint density at radius 2 is 0.979 bits per heavy atom. The van der Waals surface area contributed by atoms with Gasteiger partial charge < -0.3 is 30.1 Å². The molecule has 0 saturated heterocycles. The van der Waals surface area contributed by atoms with Gasteiger partial charge in [0.15, 0.2) is 0 Å². The van der Waals surface area contributed by atoms with Crippen molar-refractivity contribution in [1.82, 2.24) is 0 Å². The Hall–Kier alpha value is -4.19. The van der Waals surface area contributed by atoms with E-state index in [1.807, 2.05) is 62.3 Å². The zero-order valence-corrected chi connectivity index (χ0v) is 28.4. The topological polar surface area (TPSA) is 251 Å². The van der Waals surface area contributed by atoms with E-state index in [9.17, 15) is 30.3 Å². The molecule has 0 aromatic heterocycles. The molecule has 3 rings (SSSR count). The number of nitro benzene ring substituents is 3. The summed E-state index contributed by atoms with van der Waals surface area (Å²) in [5.74, 6) is 0. The van der Waals surface area contributed by atoms with Crippen LogP contribution in [0.2, 0.25) is 0 Å². The molecule has 48 heavy (non-hydrogen) atoms. The summed E-state index contributed by atoms with van der Waals surface area (Å²) >= 11 is 0. The van der Waals surface area contributed by atoms with Crippen molar-refractivity contribution in [3.8, 4) is 0 Å². The molecule has 0 unspecified atom stereocenters. The summed E-state index contributed by atoms with van der Waals surface area (Å²) in [7, 11) is -5.13. The molecule has 258 valence electrons. The highest BCUT2D eigenvalue weighted by molar-refractivity contribution is 6.60. The van der Waals surface area contributed by atoms with Crippen LogP contribution in [-0.4, -0.2) is 66.3 Å². The smallest absolute Gasteiger partial charge is 0.423 e. The van der Waals surface area contributed by atoms with E-state index in [1.165, 1.54) is 42.5 Å². The lowest BCUT2D eigenvalue weighted by Gasteiger charge is -2.19. The molecule has 18 heteroatoms. The fourth-order valence-electron chi connectivity index (χ4n) is 4.19. The van der Waals surface area contributed by atoms with Crippen LogP contribution in [0.25, 0.3) is 0 Å². The monoisotopic (exact) mass is 669 g/mol. The molecule has 0 aliphatic carbocycles. The van der Waals surface area contributed by atoms with E-state index in [0.29, 0.717) is 11.1 Å². The second kappa shape index (κ2) is 16.3. The molecule has 3 aromatic carbocycles. The first-order valence-corrected chi connectivity index (χ1v) is 14.6. The fourth-order valence-corrected chi connectivity index (χ4v) is 4.19. The van der Waals surface area contributed by atoms with Gasteiger partial charge in [-0.3, -0.25) is 30.3 Å². The minimum absolute atomic E-state index is 0.00287. The van der Waals surface area contributed by atoms with E-state index in [-0.39, 0.29) is 44.3 Å². The van der Waals surface area contributed by atoms with E-state index in [4.69, 9.17) is 30.1 Å². The van der Waals surface area contributed by atoms with Gasteiger partial charge in [-0.2, -0.15) is 0 Å². The Morgan fingerprint density at radius 3 is 1.35 bits per heavy atom. The number of benzene rings is 3. The highest BCUT2D eigenvalue weighted by atomic mass is 16.6. The molecule has 0 aliphatic heterocycles. The van der Waals surface area contributed by atoms with Crippen LogP contribution in [0, 0.1) is 30.3 Å². The number of hydrogen-bond acceptors (Lipinski definition) is 12. The van der Waals surface area contributed by atoms with Crippen LogP contribution in [0.3, 0.4) is 0 Å². The van der Waals surface area contributed by atoms with Gasteiger partial charge in [0.05, 0.1) is 20.2 Å². The fraction of sp³-hybridized carbons (Fsp3) is 0.400. The molecular weight excluding hydrogens is 627 g/mol. The first kappa shape index (κ1) is 41.8.